The van der Waals surface area contributed by atoms with Gasteiger partial charge in [-0.2, -0.15) is 0 Å². The molecule has 0 saturated carbocycles. The van der Waals surface area contributed by atoms with Crippen molar-refractivity contribution in [2.75, 3.05) is 37.7 Å². The Bertz CT molecular complexity index is 300. The van der Waals surface area contributed by atoms with Crippen molar-refractivity contribution in [1.82, 2.24) is 5.32 Å². The summed E-state index contributed by atoms with van der Waals surface area (Å²) in [5.41, 5.74) is 1.29. The SMILES string of the molecule is CCOc1ccc(N2CCNCC2)cc1.Cl.Cl. The average molecular weight is 279 g/mol. The third-order valence-corrected chi connectivity index (χ3v) is 2.63. The quantitative estimate of drug-likeness (QED) is 0.919. The lowest BCUT2D eigenvalue weighted by Crippen LogP contribution is -2.43. The molecule has 0 aliphatic carbocycles. The highest BCUT2D eigenvalue weighted by Crippen LogP contribution is 2.19. The van der Waals surface area contributed by atoms with Gasteiger partial charge in [-0.15, -0.1) is 24.8 Å². The van der Waals surface area contributed by atoms with E-state index in [0.29, 0.717) is 0 Å². The van der Waals surface area contributed by atoms with Crippen LogP contribution in [0.1, 0.15) is 6.92 Å². The van der Waals surface area contributed by atoms with Crippen LogP contribution in [0, 0.1) is 0 Å². The number of hydrogen-bond acceptors (Lipinski definition) is 3. The van der Waals surface area contributed by atoms with E-state index in [2.05, 4.69) is 22.3 Å². The molecule has 3 nitrogen and oxygen atoms in total. The second-order valence-corrected chi connectivity index (χ2v) is 3.66. The molecule has 0 aromatic heterocycles. The molecule has 1 aromatic rings. The number of hydrogen-bond donors (Lipinski definition) is 1. The van der Waals surface area contributed by atoms with Crippen LogP contribution in [0.15, 0.2) is 24.3 Å². The first kappa shape index (κ1) is 16.4. The fourth-order valence-electron chi connectivity index (χ4n) is 1.84. The summed E-state index contributed by atoms with van der Waals surface area (Å²) in [4.78, 5) is 2.40. The van der Waals surface area contributed by atoms with Gasteiger partial charge in [0.2, 0.25) is 0 Å². The highest BCUT2D eigenvalue weighted by Gasteiger charge is 2.09. The molecule has 0 amide bonds. The lowest BCUT2D eigenvalue weighted by Gasteiger charge is -2.29. The fourth-order valence-corrected chi connectivity index (χ4v) is 1.84. The minimum Gasteiger partial charge on any atom is -0.494 e. The summed E-state index contributed by atoms with van der Waals surface area (Å²) >= 11 is 0. The first-order valence-corrected chi connectivity index (χ1v) is 5.58. The van der Waals surface area contributed by atoms with Gasteiger partial charge in [-0.3, -0.25) is 0 Å². The van der Waals surface area contributed by atoms with Gasteiger partial charge in [-0.1, -0.05) is 0 Å². The maximum absolute atomic E-state index is 5.42. The van der Waals surface area contributed by atoms with Crippen LogP contribution in [-0.4, -0.2) is 32.8 Å². The van der Waals surface area contributed by atoms with Gasteiger partial charge in [-0.05, 0) is 31.2 Å². The molecule has 1 N–H and O–H groups in total. The fraction of sp³-hybridized carbons (Fsp3) is 0.500. The van der Waals surface area contributed by atoms with Gasteiger partial charge in [0.1, 0.15) is 5.75 Å². The Balaban J connectivity index is 0.00000128. The molecule has 1 aliphatic rings. The Labute approximate surface area is 115 Å². The van der Waals surface area contributed by atoms with Crippen molar-refractivity contribution in [1.29, 1.82) is 0 Å². The van der Waals surface area contributed by atoms with E-state index in [0.717, 1.165) is 38.5 Å². The Hall–Kier alpha value is -0.640. The number of anilines is 1. The summed E-state index contributed by atoms with van der Waals surface area (Å²) in [6.45, 7) is 7.07. The molecule has 5 heteroatoms. The van der Waals surface area contributed by atoms with E-state index >= 15 is 0 Å². The summed E-state index contributed by atoms with van der Waals surface area (Å²) < 4.78 is 5.42. The van der Waals surface area contributed by atoms with Crippen molar-refractivity contribution < 1.29 is 4.74 Å². The lowest BCUT2D eigenvalue weighted by molar-refractivity contribution is 0.340. The van der Waals surface area contributed by atoms with Crippen LogP contribution in [0.25, 0.3) is 0 Å². The van der Waals surface area contributed by atoms with E-state index in [1.807, 2.05) is 19.1 Å². The molecular formula is C12H20Cl2N2O. The topological polar surface area (TPSA) is 24.5 Å². The minimum atomic E-state index is 0. The summed E-state index contributed by atoms with van der Waals surface area (Å²) in [7, 11) is 0. The standard InChI is InChI=1S/C12H18N2O.2ClH/c1-2-15-12-5-3-11(4-6-12)14-9-7-13-8-10-14;;/h3-6,13H,2,7-10H2,1H3;2*1H. The molecule has 1 saturated heterocycles. The van der Waals surface area contributed by atoms with E-state index in [1.165, 1.54) is 5.69 Å². The van der Waals surface area contributed by atoms with Gasteiger partial charge in [0.15, 0.2) is 0 Å². The van der Waals surface area contributed by atoms with Gasteiger partial charge in [0.05, 0.1) is 6.61 Å². The van der Waals surface area contributed by atoms with Crippen molar-refractivity contribution in [2.24, 2.45) is 0 Å². The highest BCUT2D eigenvalue weighted by molar-refractivity contribution is 5.85. The van der Waals surface area contributed by atoms with Crippen LogP contribution in [0.3, 0.4) is 0 Å². The Morgan fingerprint density at radius 2 is 1.71 bits per heavy atom. The zero-order chi connectivity index (χ0) is 10.5. The molecule has 0 atom stereocenters. The molecule has 1 aromatic carbocycles. The van der Waals surface area contributed by atoms with Crippen LogP contribution in [0.4, 0.5) is 5.69 Å². The van der Waals surface area contributed by atoms with E-state index in [4.69, 9.17) is 4.74 Å². The molecule has 1 fully saturated rings. The van der Waals surface area contributed by atoms with Crippen molar-refractivity contribution >= 4 is 30.5 Å². The van der Waals surface area contributed by atoms with Crippen LogP contribution in [0.2, 0.25) is 0 Å². The summed E-state index contributed by atoms with van der Waals surface area (Å²) in [5, 5.41) is 3.35. The van der Waals surface area contributed by atoms with E-state index < -0.39 is 0 Å². The number of piperazine rings is 1. The molecule has 1 heterocycles. The normalized spacial score (nSPS) is 14.5. The first-order valence-electron chi connectivity index (χ1n) is 5.58. The van der Waals surface area contributed by atoms with Crippen LogP contribution >= 0.6 is 24.8 Å². The summed E-state index contributed by atoms with van der Waals surface area (Å²) in [5.74, 6) is 0.955. The van der Waals surface area contributed by atoms with Crippen molar-refractivity contribution in [2.45, 2.75) is 6.92 Å². The molecule has 0 unspecified atom stereocenters. The molecular weight excluding hydrogens is 259 g/mol. The number of nitrogens with zero attached hydrogens (tertiary/aromatic N) is 1. The van der Waals surface area contributed by atoms with E-state index in [1.54, 1.807) is 0 Å². The zero-order valence-electron chi connectivity index (χ0n) is 10.0. The van der Waals surface area contributed by atoms with Crippen molar-refractivity contribution in [3.63, 3.8) is 0 Å². The number of nitrogens with one attached hydrogen (secondary N) is 1. The van der Waals surface area contributed by atoms with Gasteiger partial charge in [0, 0.05) is 31.9 Å². The number of halogens is 2. The van der Waals surface area contributed by atoms with Gasteiger partial charge in [0.25, 0.3) is 0 Å². The maximum Gasteiger partial charge on any atom is 0.119 e. The summed E-state index contributed by atoms with van der Waals surface area (Å²) in [6, 6.07) is 8.36. The molecule has 98 valence electrons. The number of ether oxygens (including phenoxy) is 1. The third-order valence-electron chi connectivity index (χ3n) is 2.63. The zero-order valence-corrected chi connectivity index (χ0v) is 11.6. The van der Waals surface area contributed by atoms with E-state index in [9.17, 15) is 0 Å². The smallest absolute Gasteiger partial charge is 0.119 e. The van der Waals surface area contributed by atoms with Gasteiger partial charge < -0.3 is 15.0 Å². The van der Waals surface area contributed by atoms with Gasteiger partial charge >= 0.3 is 0 Å². The van der Waals surface area contributed by atoms with Gasteiger partial charge in [-0.25, -0.2) is 0 Å². The first-order chi connectivity index (χ1) is 7.40. The van der Waals surface area contributed by atoms with Crippen molar-refractivity contribution in [3.8, 4) is 5.75 Å². The molecule has 1 aliphatic heterocycles. The highest BCUT2D eigenvalue weighted by atomic mass is 35.5. The minimum absolute atomic E-state index is 0. The predicted molar refractivity (Wildman–Crippen MR) is 77.2 cm³/mol. The number of benzene rings is 1. The maximum atomic E-state index is 5.42. The molecule has 0 spiro atoms. The average Bonchev–Trinajstić information content (AvgIpc) is 2.32. The monoisotopic (exact) mass is 278 g/mol. The summed E-state index contributed by atoms with van der Waals surface area (Å²) in [6.07, 6.45) is 0. The molecule has 2 rings (SSSR count). The van der Waals surface area contributed by atoms with Crippen LogP contribution in [-0.2, 0) is 0 Å². The van der Waals surface area contributed by atoms with Crippen LogP contribution in [0.5, 0.6) is 5.75 Å². The second kappa shape index (κ2) is 8.45. The molecule has 17 heavy (non-hydrogen) atoms. The number of rotatable bonds is 3. The Morgan fingerprint density at radius 1 is 1.12 bits per heavy atom. The molecule has 0 bridgehead atoms. The Kier molecular flexibility index (Phi) is 8.13. The van der Waals surface area contributed by atoms with Crippen molar-refractivity contribution in [3.05, 3.63) is 24.3 Å². The molecule has 0 radical (unpaired) electrons. The van der Waals surface area contributed by atoms with E-state index in [-0.39, 0.29) is 24.8 Å². The predicted octanol–water partition coefficient (Wildman–Crippen LogP) is 2.34. The van der Waals surface area contributed by atoms with Crippen LogP contribution < -0.4 is 15.0 Å². The Morgan fingerprint density at radius 3 is 2.24 bits per heavy atom. The lowest BCUT2D eigenvalue weighted by atomic mass is 10.2. The second-order valence-electron chi connectivity index (χ2n) is 3.66. The largest absolute Gasteiger partial charge is 0.494 e. The third kappa shape index (κ3) is 4.62.